The normalized spacial score (nSPS) is 10.7. The van der Waals surface area contributed by atoms with Gasteiger partial charge in [0.1, 0.15) is 0 Å². The van der Waals surface area contributed by atoms with Crippen molar-refractivity contribution in [1.29, 1.82) is 0 Å². The summed E-state index contributed by atoms with van der Waals surface area (Å²) in [6.07, 6.45) is 0.354. The van der Waals surface area contributed by atoms with Crippen LogP contribution in [0.1, 0.15) is 14.8 Å². The van der Waals surface area contributed by atoms with Gasteiger partial charge < -0.3 is 6.16 Å². The molecule has 0 saturated carbocycles. The quantitative estimate of drug-likeness (QED) is 0.295. The molecule has 11 heavy (non-hydrogen) atoms. The Bertz CT molecular complexity index is 170. The van der Waals surface area contributed by atoms with E-state index in [1.165, 1.54) is 0 Å². The van der Waals surface area contributed by atoms with Gasteiger partial charge in [0.2, 0.25) is 0 Å². The van der Waals surface area contributed by atoms with E-state index in [4.69, 9.17) is 9.29 Å². The molecule has 0 aromatic heterocycles. The first-order valence-electron chi connectivity index (χ1n) is 3.09. The summed E-state index contributed by atoms with van der Waals surface area (Å²) in [5, 5.41) is 0. The molecule has 64 valence electrons. The van der Waals surface area contributed by atoms with Gasteiger partial charge in [-0.15, -0.1) is 0 Å². The molecule has 0 fully saturated rings. The Labute approximate surface area is 90.8 Å². The van der Waals surface area contributed by atoms with Crippen LogP contribution < -0.4 is 29.6 Å². The Morgan fingerprint density at radius 1 is 1.55 bits per heavy atom. The van der Waals surface area contributed by atoms with Crippen molar-refractivity contribution in [2.24, 2.45) is 0 Å². The summed E-state index contributed by atoms with van der Waals surface area (Å²) < 4.78 is 33.3. The second kappa shape index (κ2) is 7.52. The zero-order valence-electron chi connectivity index (χ0n) is 7.91. The van der Waals surface area contributed by atoms with E-state index in [2.05, 4.69) is 0 Å². The minimum absolute atomic E-state index is 0. The van der Waals surface area contributed by atoms with E-state index in [1.54, 1.807) is 0 Å². The van der Waals surface area contributed by atoms with Crippen LogP contribution in [0.15, 0.2) is 0 Å². The molecule has 0 bridgehead atoms. The molecule has 0 aromatic rings. The van der Waals surface area contributed by atoms with Crippen LogP contribution in [0.5, 0.6) is 0 Å². The predicted octanol–water partition coefficient (Wildman–Crippen LogP) is -2.58. The molecule has 0 rings (SSSR count). The van der Waals surface area contributed by atoms with Crippen molar-refractivity contribution in [3.8, 4) is 0 Å². The van der Waals surface area contributed by atoms with Gasteiger partial charge in [-0.25, -0.2) is 0 Å². The monoisotopic (exact) mass is 192 g/mol. The smallest absolute Gasteiger partial charge is 1.00 e. The van der Waals surface area contributed by atoms with Crippen LogP contribution in [0.3, 0.4) is 0 Å². The van der Waals surface area contributed by atoms with Gasteiger partial charge >= 0.3 is 29.6 Å². The summed E-state index contributed by atoms with van der Waals surface area (Å²) in [6, 6.07) is 0. The summed E-state index contributed by atoms with van der Waals surface area (Å²) in [7, 11) is -3.78. The molecule has 0 spiro atoms. The van der Waals surface area contributed by atoms with E-state index in [1.807, 2.05) is 6.92 Å². The Kier molecular flexibility index (Phi) is 9.84. The molecule has 0 heterocycles. The van der Waals surface area contributed by atoms with Gasteiger partial charge in [-0.3, -0.25) is 4.55 Å². The largest absolute Gasteiger partial charge is 1.00 e. The molecular weight excluding hydrogens is 179 g/mol. The van der Waals surface area contributed by atoms with Crippen LogP contribution in [0, 0.1) is 0 Å². The fourth-order valence-electron chi connectivity index (χ4n) is 0.488. The third-order valence-corrected chi connectivity index (χ3v) is 1.70. The van der Waals surface area contributed by atoms with E-state index < -0.39 is 10.1 Å². The van der Waals surface area contributed by atoms with Gasteiger partial charge in [-0.05, 0) is 13.3 Å². The fraction of sp³-hybridized carbons (Fsp3) is 1.00. The van der Waals surface area contributed by atoms with Crippen LogP contribution in [0.2, 0.25) is 0 Å². The summed E-state index contributed by atoms with van der Waals surface area (Å²) in [4.78, 5) is 0. The minimum atomic E-state index is -3.78. The summed E-state index contributed by atoms with van der Waals surface area (Å²) in [5.74, 6) is -0.215. The Hall–Kier alpha value is 0.870. The van der Waals surface area contributed by atoms with Crippen molar-refractivity contribution in [3.05, 3.63) is 0 Å². The first-order valence-corrected chi connectivity index (χ1v) is 4.70. The molecule has 0 aromatic carbocycles. The summed E-state index contributed by atoms with van der Waals surface area (Å²) in [6.45, 7) is 2.79. The molecule has 0 atom stereocenters. The first kappa shape index (κ1) is 14.4. The second-order valence-corrected chi connectivity index (χ2v) is 3.41. The molecular formula is C5H13NaO4S. The Morgan fingerprint density at radius 3 is 2.45 bits per heavy atom. The van der Waals surface area contributed by atoms with Crippen molar-refractivity contribution < 1.29 is 48.7 Å². The SMILES string of the molecule is CCOCCCS(=O)(=O)O.[H-].[Na+]. The van der Waals surface area contributed by atoms with Gasteiger partial charge in [-0.2, -0.15) is 8.42 Å². The van der Waals surface area contributed by atoms with E-state index in [0.717, 1.165) is 0 Å². The van der Waals surface area contributed by atoms with Crippen molar-refractivity contribution in [2.75, 3.05) is 19.0 Å². The van der Waals surface area contributed by atoms with Gasteiger partial charge in [0.15, 0.2) is 0 Å². The third kappa shape index (κ3) is 13.8. The van der Waals surface area contributed by atoms with E-state index >= 15 is 0 Å². The van der Waals surface area contributed by atoms with Crippen molar-refractivity contribution in [1.82, 2.24) is 0 Å². The van der Waals surface area contributed by atoms with Gasteiger partial charge in [0.25, 0.3) is 10.1 Å². The molecule has 0 amide bonds. The summed E-state index contributed by atoms with van der Waals surface area (Å²) >= 11 is 0. The molecule has 0 aliphatic carbocycles. The molecule has 0 unspecified atom stereocenters. The maximum Gasteiger partial charge on any atom is 1.00 e. The maximum absolute atomic E-state index is 10.1. The first-order chi connectivity index (χ1) is 4.56. The topological polar surface area (TPSA) is 63.6 Å². The Morgan fingerprint density at radius 2 is 2.09 bits per heavy atom. The Balaban J connectivity index is -0.000000405. The maximum atomic E-state index is 10.1. The van der Waals surface area contributed by atoms with Gasteiger partial charge in [0, 0.05) is 13.2 Å². The fourth-order valence-corrected chi connectivity index (χ4v) is 0.970. The minimum Gasteiger partial charge on any atom is -1.00 e. The van der Waals surface area contributed by atoms with Crippen LogP contribution in [-0.2, 0) is 14.9 Å². The molecule has 0 aliphatic rings. The number of ether oxygens (including phenoxy) is 1. The molecule has 0 saturated heterocycles. The average Bonchev–Trinajstić information content (AvgIpc) is 1.78. The second-order valence-electron chi connectivity index (χ2n) is 1.84. The molecule has 4 nitrogen and oxygen atoms in total. The van der Waals surface area contributed by atoms with Crippen LogP contribution in [-0.4, -0.2) is 31.9 Å². The molecule has 0 aliphatic heterocycles. The zero-order valence-corrected chi connectivity index (χ0v) is 9.73. The molecule has 0 radical (unpaired) electrons. The van der Waals surface area contributed by atoms with Crippen molar-refractivity contribution >= 4 is 10.1 Å². The van der Waals surface area contributed by atoms with E-state index in [-0.39, 0.29) is 36.7 Å². The standard InChI is InChI=1S/C5H12O4S.Na.H/c1-2-9-4-3-5-10(6,7)8;;/h2-5H2,1H3,(H,6,7,8);;/q;+1;-1. The number of hydrogen-bond acceptors (Lipinski definition) is 3. The van der Waals surface area contributed by atoms with Crippen LogP contribution >= 0.6 is 0 Å². The third-order valence-electron chi connectivity index (χ3n) is 0.895. The van der Waals surface area contributed by atoms with E-state index in [0.29, 0.717) is 19.6 Å². The van der Waals surface area contributed by atoms with Crippen molar-refractivity contribution in [3.63, 3.8) is 0 Å². The van der Waals surface area contributed by atoms with Gasteiger partial charge in [0.05, 0.1) is 5.75 Å². The molecule has 6 heteroatoms. The number of rotatable bonds is 5. The number of hydrogen-bond donors (Lipinski definition) is 1. The zero-order chi connectivity index (χ0) is 8.04. The summed E-state index contributed by atoms with van der Waals surface area (Å²) in [5.41, 5.74) is 0. The van der Waals surface area contributed by atoms with Crippen LogP contribution in [0.25, 0.3) is 0 Å². The molecule has 1 N–H and O–H groups in total. The van der Waals surface area contributed by atoms with Gasteiger partial charge in [-0.1, -0.05) is 0 Å². The average molecular weight is 192 g/mol. The van der Waals surface area contributed by atoms with Crippen LogP contribution in [0.4, 0.5) is 0 Å². The van der Waals surface area contributed by atoms with Crippen molar-refractivity contribution in [2.45, 2.75) is 13.3 Å². The predicted molar refractivity (Wildman–Crippen MR) is 38.6 cm³/mol. The van der Waals surface area contributed by atoms with E-state index in [9.17, 15) is 8.42 Å².